The van der Waals surface area contributed by atoms with Crippen LogP contribution in [0, 0.1) is 5.82 Å². The number of hydrogen-bond acceptors (Lipinski definition) is 3. The van der Waals surface area contributed by atoms with E-state index in [1.165, 1.54) is 21.7 Å². The second-order valence-electron chi connectivity index (χ2n) is 4.72. The van der Waals surface area contributed by atoms with Gasteiger partial charge in [0.2, 0.25) is 0 Å². The van der Waals surface area contributed by atoms with Crippen molar-refractivity contribution < 1.29 is 19.1 Å². The Morgan fingerprint density at radius 1 is 1.33 bits per heavy atom. The van der Waals surface area contributed by atoms with Gasteiger partial charge in [0.25, 0.3) is 5.91 Å². The summed E-state index contributed by atoms with van der Waals surface area (Å²) in [6, 6.07) is 5.45. The number of halogens is 1. The SMILES string of the molecule is CN(C)C(=O)c1ccn(Cc2ccc(C(=O)O)c(F)c2)n1. The normalized spacial score (nSPS) is 10.4. The number of rotatable bonds is 4. The number of carboxylic acids is 1. The first-order valence-electron chi connectivity index (χ1n) is 6.15. The quantitative estimate of drug-likeness (QED) is 0.925. The number of hydrogen-bond donors (Lipinski definition) is 1. The number of benzene rings is 1. The van der Waals surface area contributed by atoms with Crippen molar-refractivity contribution in [2.24, 2.45) is 0 Å². The Morgan fingerprint density at radius 3 is 2.62 bits per heavy atom. The predicted octanol–water partition coefficient (Wildman–Crippen LogP) is 1.47. The topological polar surface area (TPSA) is 75.4 Å². The van der Waals surface area contributed by atoms with Crippen molar-refractivity contribution in [1.82, 2.24) is 14.7 Å². The average Bonchev–Trinajstić information content (AvgIpc) is 2.85. The van der Waals surface area contributed by atoms with Crippen molar-refractivity contribution in [3.05, 3.63) is 53.1 Å². The molecule has 1 aromatic heterocycles. The molecule has 0 radical (unpaired) electrons. The second-order valence-corrected chi connectivity index (χ2v) is 4.72. The minimum Gasteiger partial charge on any atom is -0.478 e. The Labute approximate surface area is 120 Å². The predicted molar refractivity (Wildman–Crippen MR) is 72.7 cm³/mol. The molecular formula is C14H14FN3O3. The van der Waals surface area contributed by atoms with Gasteiger partial charge in [-0.05, 0) is 23.8 Å². The lowest BCUT2D eigenvalue weighted by Gasteiger charge is -2.07. The maximum Gasteiger partial charge on any atom is 0.338 e. The first kappa shape index (κ1) is 14.7. The van der Waals surface area contributed by atoms with Crippen molar-refractivity contribution >= 4 is 11.9 Å². The third kappa shape index (κ3) is 3.25. The van der Waals surface area contributed by atoms with Gasteiger partial charge in [-0.1, -0.05) is 6.07 Å². The molecule has 7 heteroatoms. The van der Waals surface area contributed by atoms with Crippen LogP contribution in [-0.2, 0) is 6.54 Å². The van der Waals surface area contributed by atoms with E-state index < -0.39 is 11.8 Å². The lowest BCUT2D eigenvalue weighted by atomic mass is 10.1. The Bertz CT molecular complexity index is 695. The molecule has 21 heavy (non-hydrogen) atoms. The molecule has 110 valence electrons. The molecule has 2 rings (SSSR count). The maximum atomic E-state index is 13.6. The minimum atomic E-state index is -1.31. The zero-order valence-electron chi connectivity index (χ0n) is 11.6. The third-order valence-electron chi connectivity index (χ3n) is 2.87. The van der Waals surface area contributed by atoms with Crippen molar-refractivity contribution in [1.29, 1.82) is 0 Å². The molecular weight excluding hydrogens is 277 g/mol. The number of carboxylic acid groups (broad SMARTS) is 1. The molecule has 0 unspecified atom stereocenters. The zero-order valence-corrected chi connectivity index (χ0v) is 11.6. The highest BCUT2D eigenvalue weighted by atomic mass is 19.1. The average molecular weight is 291 g/mol. The zero-order chi connectivity index (χ0) is 15.6. The van der Waals surface area contributed by atoms with E-state index in [1.54, 1.807) is 26.4 Å². The number of amides is 1. The fourth-order valence-electron chi connectivity index (χ4n) is 1.81. The Balaban J connectivity index is 2.17. The van der Waals surface area contributed by atoms with E-state index in [0.29, 0.717) is 11.3 Å². The van der Waals surface area contributed by atoms with Gasteiger partial charge in [0.1, 0.15) is 11.5 Å². The fraction of sp³-hybridized carbons (Fsp3) is 0.214. The van der Waals surface area contributed by atoms with Crippen LogP contribution in [-0.4, -0.2) is 45.8 Å². The van der Waals surface area contributed by atoms with Crippen LogP contribution in [0.1, 0.15) is 26.4 Å². The van der Waals surface area contributed by atoms with Crippen LogP contribution in [0.25, 0.3) is 0 Å². The summed E-state index contributed by atoms with van der Waals surface area (Å²) in [5.74, 6) is -2.32. The molecule has 2 aromatic rings. The lowest BCUT2D eigenvalue weighted by Crippen LogP contribution is -2.22. The third-order valence-corrected chi connectivity index (χ3v) is 2.87. The summed E-state index contributed by atoms with van der Waals surface area (Å²) in [6.07, 6.45) is 1.61. The van der Waals surface area contributed by atoms with Crippen LogP contribution in [0.5, 0.6) is 0 Å². The van der Waals surface area contributed by atoms with Gasteiger partial charge in [-0.15, -0.1) is 0 Å². The van der Waals surface area contributed by atoms with Gasteiger partial charge >= 0.3 is 5.97 Å². The van der Waals surface area contributed by atoms with Crippen LogP contribution in [0.15, 0.2) is 30.5 Å². The number of carbonyl (C=O) groups is 2. The first-order chi connectivity index (χ1) is 9.88. The maximum absolute atomic E-state index is 13.6. The molecule has 1 heterocycles. The molecule has 0 bridgehead atoms. The summed E-state index contributed by atoms with van der Waals surface area (Å²) in [6.45, 7) is 0.248. The van der Waals surface area contributed by atoms with Gasteiger partial charge in [-0.25, -0.2) is 9.18 Å². The Morgan fingerprint density at radius 2 is 2.05 bits per heavy atom. The van der Waals surface area contributed by atoms with E-state index >= 15 is 0 Å². The highest BCUT2D eigenvalue weighted by molar-refractivity contribution is 5.91. The summed E-state index contributed by atoms with van der Waals surface area (Å²) in [4.78, 5) is 23.9. The van der Waals surface area contributed by atoms with E-state index in [1.807, 2.05) is 0 Å². The number of aromatic nitrogens is 2. The van der Waals surface area contributed by atoms with E-state index in [0.717, 1.165) is 6.07 Å². The van der Waals surface area contributed by atoms with E-state index in [9.17, 15) is 14.0 Å². The molecule has 1 amide bonds. The van der Waals surface area contributed by atoms with Gasteiger partial charge in [0.05, 0.1) is 12.1 Å². The second kappa shape index (κ2) is 5.74. The summed E-state index contributed by atoms with van der Waals surface area (Å²) < 4.78 is 15.1. The number of nitrogens with zero attached hydrogens (tertiary/aromatic N) is 3. The van der Waals surface area contributed by atoms with Crippen molar-refractivity contribution in [3.63, 3.8) is 0 Å². The lowest BCUT2D eigenvalue weighted by molar-refractivity contribution is 0.0691. The standard InChI is InChI=1S/C14H14FN3O3/c1-17(2)13(19)12-5-6-18(16-12)8-9-3-4-10(14(20)21)11(15)7-9/h3-7H,8H2,1-2H3,(H,20,21). The molecule has 0 saturated carbocycles. The van der Waals surface area contributed by atoms with E-state index in [4.69, 9.17) is 5.11 Å². The summed E-state index contributed by atoms with van der Waals surface area (Å²) in [5.41, 5.74) is 0.481. The van der Waals surface area contributed by atoms with Crippen LogP contribution >= 0.6 is 0 Å². The fourth-order valence-corrected chi connectivity index (χ4v) is 1.81. The van der Waals surface area contributed by atoms with Gasteiger partial charge in [0, 0.05) is 20.3 Å². The van der Waals surface area contributed by atoms with Gasteiger partial charge in [0.15, 0.2) is 0 Å². The van der Waals surface area contributed by atoms with Crippen molar-refractivity contribution in [2.75, 3.05) is 14.1 Å². The molecule has 0 fully saturated rings. The molecule has 0 atom stereocenters. The molecule has 6 nitrogen and oxygen atoms in total. The van der Waals surface area contributed by atoms with Crippen molar-refractivity contribution in [2.45, 2.75) is 6.54 Å². The smallest absolute Gasteiger partial charge is 0.338 e. The molecule has 1 aromatic carbocycles. The molecule has 0 spiro atoms. The molecule has 0 aliphatic carbocycles. The van der Waals surface area contributed by atoms with Crippen LogP contribution in [0.3, 0.4) is 0 Å². The molecule has 1 N–H and O–H groups in total. The van der Waals surface area contributed by atoms with E-state index in [2.05, 4.69) is 5.10 Å². The largest absolute Gasteiger partial charge is 0.478 e. The van der Waals surface area contributed by atoms with Crippen LogP contribution in [0.2, 0.25) is 0 Å². The van der Waals surface area contributed by atoms with Crippen LogP contribution in [0.4, 0.5) is 4.39 Å². The minimum absolute atomic E-state index is 0.221. The summed E-state index contributed by atoms with van der Waals surface area (Å²) in [7, 11) is 3.25. The molecule has 0 aliphatic rings. The van der Waals surface area contributed by atoms with E-state index in [-0.39, 0.29) is 18.0 Å². The van der Waals surface area contributed by atoms with Crippen LogP contribution < -0.4 is 0 Å². The number of aromatic carboxylic acids is 1. The highest BCUT2D eigenvalue weighted by Crippen LogP contribution is 2.12. The number of carbonyl (C=O) groups excluding carboxylic acids is 1. The Kier molecular flexibility index (Phi) is 4.02. The Hall–Kier alpha value is -2.70. The van der Waals surface area contributed by atoms with Gasteiger partial charge < -0.3 is 10.0 Å². The molecule has 0 aliphatic heterocycles. The summed E-state index contributed by atoms with van der Waals surface area (Å²) in [5, 5.41) is 12.9. The first-order valence-corrected chi connectivity index (χ1v) is 6.15. The summed E-state index contributed by atoms with van der Waals surface area (Å²) >= 11 is 0. The highest BCUT2D eigenvalue weighted by Gasteiger charge is 2.13. The molecule has 0 saturated heterocycles. The van der Waals surface area contributed by atoms with Gasteiger partial charge in [-0.2, -0.15) is 5.10 Å². The van der Waals surface area contributed by atoms with Crippen molar-refractivity contribution in [3.8, 4) is 0 Å². The van der Waals surface area contributed by atoms with Gasteiger partial charge in [-0.3, -0.25) is 9.48 Å². The monoisotopic (exact) mass is 291 g/mol.